The molecular formula is C10H11NO2. The summed E-state index contributed by atoms with van der Waals surface area (Å²) in [5.74, 6) is 0. The number of benzene rings is 1. The van der Waals surface area contributed by atoms with Crippen LogP contribution in [0.2, 0.25) is 0 Å². The third-order valence-electron chi connectivity index (χ3n) is 1.71. The molecule has 1 aromatic carbocycles. The van der Waals surface area contributed by atoms with Crippen LogP contribution in [0.25, 0.3) is 0 Å². The van der Waals surface area contributed by atoms with Crippen LogP contribution in [0.4, 0.5) is 5.69 Å². The van der Waals surface area contributed by atoms with E-state index in [0.717, 1.165) is 18.3 Å². The molecule has 0 fully saturated rings. The summed E-state index contributed by atoms with van der Waals surface area (Å²) in [6, 6.07) is 9.37. The van der Waals surface area contributed by atoms with Crippen molar-refractivity contribution >= 4 is 18.3 Å². The van der Waals surface area contributed by atoms with E-state index in [2.05, 4.69) is 0 Å². The van der Waals surface area contributed by atoms with E-state index in [1.807, 2.05) is 30.3 Å². The molecule has 68 valence electrons. The van der Waals surface area contributed by atoms with Crippen molar-refractivity contribution in [2.45, 2.75) is 0 Å². The highest BCUT2D eigenvalue weighted by Gasteiger charge is 2.02. The molecule has 0 N–H and O–H groups in total. The number of carbonyl (C=O) groups is 2. The summed E-state index contributed by atoms with van der Waals surface area (Å²) in [4.78, 5) is 22.3. The zero-order chi connectivity index (χ0) is 9.52. The Bertz CT molecular complexity index is 262. The van der Waals surface area contributed by atoms with Crippen molar-refractivity contribution in [3.63, 3.8) is 0 Å². The Morgan fingerprint density at radius 3 is 2.00 bits per heavy atom. The first kappa shape index (κ1) is 9.45. The highest BCUT2D eigenvalue weighted by Crippen LogP contribution is 2.10. The molecule has 3 heteroatoms. The lowest BCUT2D eigenvalue weighted by atomic mass is 10.3. The monoisotopic (exact) mass is 177 g/mol. The van der Waals surface area contributed by atoms with Gasteiger partial charge in [-0.2, -0.15) is 0 Å². The van der Waals surface area contributed by atoms with Gasteiger partial charge in [0.25, 0.3) is 0 Å². The third-order valence-corrected chi connectivity index (χ3v) is 1.71. The van der Waals surface area contributed by atoms with Crippen molar-refractivity contribution in [3.8, 4) is 0 Å². The molecule has 0 saturated carbocycles. The number of carbonyl (C=O) groups excluding carboxylic acids is 2. The molecule has 0 aliphatic carbocycles. The van der Waals surface area contributed by atoms with E-state index in [9.17, 15) is 9.59 Å². The Labute approximate surface area is 77.0 Å². The summed E-state index contributed by atoms with van der Waals surface area (Å²) >= 11 is 0. The Kier molecular flexibility index (Phi) is 3.70. The normalized spacial score (nSPS) is 9.23. The van der Waals surface area contributed by atoms with Crippen molar-refractivity contribution in [1.82, 2.24) is 0 Å². The molecule has 0 saturated heterocycles. The number of hydrogen-bond acceptors (Lipinski definition) is 3. The topological polar surface area (TPSA) is 37.4 Å². The van der Waals surface area contributed by atoms with Gasteiger partial charge in [-0.1, -0.05) is 18.2 Å². The highest BCUT2D eigenvalue weighted by atomic mass is 16.1. The molecule has 0 unspecified atom stereocenters. The van der Waals surface area contributed by atoms with Crippen LogP contribution in [-0.2, 0) is 9.59 Å². The van der Waals surface area contributed by atoms with Gasteiger partial charge in [-0.15, -0.1) is 0 Å². The molecule has 0 amide bonds. The fraction of sp³-hybridized carbons (Fsp3) is 0.200. The van der Waals surface area contributed by atoms with Crippen molar-refractivity contribution in [1.29, 1.82) is 0 Å². The SMILES string of the molecule is O=CCN(CC=O)c1ccccc1. The fourth-order valence-corrected chi connectivity index (χ4v) is 1.10. The van der Waals surface area contributed by atoms with Crippen LogP contribution >= 0.6 is 0 Å². The first-order valence-corrected chi connectivity index (χ1v) is 4.05. The van der Waals surface area contributed by atoms with Gasteiger partial charge in [-0.05, 0) is 12.1 Å². The molecule has 3 nitrogen and oxygen atoms in total. The minimum Gasteiger partial charge on any atom is -0.357 e. The van der Waals surface area contributed by atoms with E-state index in [1.165, 1.54) is 0 Å². The summed E-state index contributed by atoms with van der Waals surface area (Å²) in [6.07, 6.45) is 1.58. The van der Waals surface area contributed by atoms with E-state index < -0.39 is 0 Å². The van der Waals surface area contributed by atoms with Crippen molar-refractivity contribution in [3.05, 3.63) is 30.3 Å². The smallest absolute Gasteiger partial charge is 0.139 e. The summed E-state index contributed by atoms with van der Waals surface area (Å²) in [5, 5.41) is 0. The largest absolute Gasteiger partial charge is 0.357 e. The van der Waals surface area contributed by atoms with Gasteiger partial charge < -0.3 is 14.5 Å². The van der Waals surface area contributed by atoms with Crippen molar-refractivity contribution < 1.29 is 9.59 Å². The van der Waals surface area contributed by atoms with Crippen LogP contribution in [0.3, 0.4) is 0 Å². The van der Waals surface area contributed by atoms with Crippen molar-refractivity contribution in [2.75, 3.05) is 18.0 Å². The van der Waals surface area contributed by atoms with E-state index in [-0.39, 0.29) is 13.1 Å². The van der Waals surface area contributed by atoms with Gasteiger partial charge in [0.05, 0.1) is 13.1 Å². The van der Waals surface area contributed by atoms with E-state index in [1.54, 1.807) is 4.90 Å². The average Bonchev–Trinajstić information content (AvgIpc) is 2.19. The molecule has 13 heavy (non-hydrogen) atoms. The summed E-state index contributed by atoms with van der Waals surface area (Å²) < 4.78 is 0. The van der Waals surface area contributed by atoms with Crippen LogP contribution in [0.1, 0.15) is 0 Å². The Balaban J connectivity index is 2.75. The maximum atomic E-state index is 10.3. The Hall–Kier alpha value is -1.64. The van der Waals surface area contributed by atoms with Gasteiger partial charge >= 0.3 is 0 Å². The van der Waals surface area contributed by atoms with Crippen LogP contribution in [0.15, 0.2) is 30.3 Å². The van der Waals surface area contributed by atoms with E-state index >= 15 is 0 Å². The molecule has 0 bridgehead atoms. The predicted molar refractivity (Wildman–Crippen MR) is 50.8 cm³/mol. The molecule has 0 aromatic heterocycles. The van der Waals surface area contributed by atoms with Gasteiger partial charge in [0, 0.05) is 5.69 Å². The molecule has 1 rings (SSSR count). The first-order valence-electron chi connectivity index (χ1n) is 4.05. The zero-order valence-electron chi connectivity index (χ0n) is 7.22. The Morgan fingerprint density at radius 2 is 1.54 bits per heavy atom. The summed E-state index contributed by atoms with van der Waals surface area (Å²) in [6.45, 7) is 0.505. The molecule has 1 aromatic rings. The summed E-state index contributed by atoms with van der Waals surface area (Å²) in [7, 11) is 0. The van der Waals surface area contributed by atoms with Crippen LogP contribution in [0, 0.1) is 0 Å². The number of hydrogen-bond donors (Lipinski definition) is 0. The lowest BCUT2D eigenvalue weighted by molar-refractivity contribution is -0.107. The van der Waals surface area contributed by atoms with Crippen molar-refractivity contribution in [2.24, 2.45) is 0 Å². The van der Waals surface area contributed by atoms with E-state index in [4.69, 9.17) is 0 Å². The first-order chi connectivity index (χ1) is 6.38. The molecule has 0 atom stereocenters. The number of nitrogens with zero attached hydrogens (tertiary/aromatic N) is 1. The lowest BCUT2D eigenvalue weighted by Gasteiger charge is -2.18. The third kappa shape index (κ3) is 2.71. The molecule has 0 heterocycles. The quantitative estimate of drug-likeness (QED) is 0.627. The average molecular weight is 177 g/mol. The second kappa shape index (κ2) is 5.09. The molecule has 0 aliphatic heterocycles. The van der Waals surface area contributed by atoms with E-state index in [0.29, 0.717) is 0 Å². The molecular weight excluding hydrogens is 166 g/mol. The van der Waals surface area contributed by atoms with Crippen LogP contribution < -0.4 is 4.90 Å². The standard InChI is InChI=1S/C10H11NO2/c12-8-6-11(7-9-13)10-4-2-1-3-5-10/h1-5,8-9H,6-7H2. The molecule has 0 spiro atoms. The lowest BCUT2D eigenvalue weighted by Crippen LogP contribution is -2.27. The second-order valence-corrected chi connectivity index (χ2v) is 2.57. The van der Waals surface area contributed by atoms with Gasteiger partial charge in [-0.25, -0.2) is 0 Å². The van der Waals surface area contributed by atoms with Gasteiger partial charge in [0.1, 0.15) is 12.6 Å². The minimum absolute atomic E-state index is 0.253. The molecule has 0 aliphatic rings. The number of anilines is 1. The second-order valence-electron chi connectivity index (χ2n) is 2.57. The number of rotatable bonds is 5. The highest BCUT2D eigenvalue weighted by molar-refractivity contribution is 5.67. The Morgan fingerprint density at radius 1 is 1.00 bits per heavy atom. The van der Waals surface area contributed by atoms with Gasteiger partial charge in [0.15, 0.2) is 0 Å². The van der Waals surface area contributed by atoms with Crippen LogP contribution in [-0.4, -0.2) is 25.7 Å². The maximum Gasteiger partial charge on any atom is 0.139 e. The van der Waals surface area contributed by atoms with Crippen LogP contribution in [0.5, 0.6) is 0 Å². The van der Waals surface area contributed by atoms with Gasteiger partial charge in [-0.3, -0.25) is 0 Å². The minimum atomic E-state index is 0.253. The van der Waals surface area contributed by atoms with Gasteiger partial charge in [0.2, 0.25) is 0 Å². The number of aldehydes is 2. The molecule has 0 radical (unpaired) electrons. The number of para-hydroxylation sites is 1. The zero-order valence-corrected chi connectivity index (χ0v) is 7.22. The predicted octanol–water partition coefficient (Wildman–Crippen LogP) is 0.891. The summed E-state index contributed by atoms with van der Waals surface area (Å²) in [5.41, 5.74) is 0.890. The fourth-order valence-electron chi connectivity index (χ4n) is 1.10. The maximum absolute atomic E-state index is 10.3.